The van der Waals surface area contributed by atoms with Gasteiger partial charge in [0.05, 0.1) is 26.1 Å². The number of nitrogens with zero attached hydrogens (tertiary/aromatic N) is 3. The summed E-state index contributed by atoms with van der Waals surface area (Å²) in [4.78, 5) is 22.4. The first-order valence-electron chi connectivity index (χ1n) is 4.95. The van der Waals surface area contributed by atoms with Gasteiger partial charge in [0.2, 0.25) is 0 Å². The highest BCUT2D eigenvalue weighted by atomic mass is 35.5. The lowest BCUT2D eigenvalue weighted by molar-refractivity contribution is -0.389. The summed E-state index contributed by atoms with van der Waals surface area (Å²) in [6, 6.07) is 4.59. The number of rotatable bonds is 4. The molecule has 2 rings (SSSR count). The lowest BCUT2D eigenvalue weighted by atomic mass is 10.3. The molecule has 0 saturated carbocycles. The first kappa shape index (κ1) is 12.7. The molecule has 2 heterocycles. The van der Waals surface area contributed by atoms with Crippen LogP contribution in [0.1, 0.15) is 15.4 Å². The van der Waals surface area contributed by atoms with E-state index in [0.717, 1.165) is 0 Å². The number of Topliss-reactive ketones (excluding diaryl/α,β-unsaturated/α-hetero) is 1. The third-order valence-electron chi connectivity index (χ3n) is 2.30. The van der Waals surface area contributed by atoms with Gasteiger partial charge in [0.15, 0.2) is 5.78 Å². The van der Waals surface area contributed by atoms with Crippen LogP contribution in [0.5, 0.6) is 0 Å². The van der Waals surface area contributed by atoms with Gasteiger partial charge in [0.1, 0.15) is 6.54 Å². The number of halogens is 1. The fourth-order valence-corrected chi connectivity index (χ4v) is 2.39. The molecule has 0 unspecified atom stereocenters. The van der Waals surface area contributed by atoms with Crippen molar-refractivity contribution in [3.8, 4) is 0 Å². The molecule has 2 aromatic heterocycles. The number of aromatic nitrogens is 2. The van der Waals surface area contributed by atoms with Gasteiger partial charge in [-0.3, -0.25) is 4.79 Å². The molecule has 0 amide bonds. The summed E-state index contributed by atoms with van der Waals surface area (Å²) < 4.78 is 1.84. The molecule has 0 radical (unpaired) electrons. The minimum absolute atomic E-state index is 0.0312. The Hall–Kier alpha value is -1.73. The van der Waals surface area contributed by atoms with Crippen LogP contribution in [0.3, 0.4) is 0 Å². The first-order valence-corrected chi connectivity index (χ1v) is 6.14. The fraction of sp³-hybridized carbons (Fsp3) is 0.200. The predicted octanol–water partition coefficient (Wildman–Crippen LogP) is 2.70. The summed E-state index contributed by atoms with van der Waals surface area (Å²) in [6.45, 7) is 1.63. The molecule has 18 heavy (non-hydrogen) atoms. The predicted molar refractivity (Wildman–Crippen MR) is 67.3 cm³/mol. The number of carbonyl (C=O) groups excluding carboxylic acids is 1. The van der Waals surface area contributed by atoms with E-state index < -0.39 is 4.92 Å². The van der Waals surface area contributed by atoms with E-state index in [4.69, 9.17) is 11.6 Å². The molecule has 0 saturated heterocycles. The van der Waals surface area contributed by atoms with Crippen LogP contribution in [-0.4, -0.2) is 20.5 Å². The van der Waals surface area contributed by atoms with E-state index in [1.54, 1.807) is 19.1 Å². The molecule has 0 aliphatic heterocycles. The van der Waals surface area contributed by atoms with Gasteiger partial charge >= 0.3 is 5.82 Å². The van der Waals surface area contributed by atoms with Crippen molar-refractivity contribution >= 4 is 34.5 Å². The topological polar surface area (TPSA) is 78.0 Å². The third kappa shape index (κ3) is 2.57. The smallest absolute Gasteiger partial charge is 0.358 e. The van der Waals surface area contributed by atoms with Crippen molar-refractivity contribution in [2.24, 2.45) is 0 Å². The van der Waals surface area contributed by atoms with Crippen LogP contribution in [-0.2, 0) is 6.54 Å². The van der Waals surface area contributed by atoms with Crippen LogP contribution in [0, 0.1) is 17.0 Å². The molecular weight excluding hydrogens is 278 g/mol. The molecule has 8 heteroatoms. The number of nitro groups is 1. The van der Waals surface area contributed by atoms with Crippen LogP contribution in [0.4, 0.5) is 5.82 Å². The molecular formula is C10H8ClN3O3S. The number of hydrogen-bond donors (Lipinski definition) is 0. The largest absolute Gasteiger partial charge is 0.390 e. The van der Waals surface area contributed by atoms with Gasteiger partial charge in [0.25, 0.3) is 0 Å². The average Bonchev–Trinajstić information content (AvgIpc) is 2.86. The molecule has 0 bridgehead atoms. The van der Waals surface area contributed by atoms with Crippen molar-refractivity contribution in [2.45, 2.75) is 13.5 Å². The second-order valence-electron chi connectivity index (χ2n) is 3.59. The summed E-state index contributed by atoms with van der Waals surface area (Å²) in [6.07, 6.45) is 0. The third-order valence-corrected chi connectivity index (χ3v) is 3.57. The van der Waals surface area contributed by atoms with Gasteiger partial charge in [-0.15, -0.1) is 11.3 Å². The molecule has 0 atom stereocenters. The van der Waals surface area contributed by atoms with E-state index in [-0.39, 0.29) is 18.1 Å². The zero-order valence-electron chi connectivity index (χ0n) is 9.29. The Morgan fingerprint density at radius 3 is 2.83 bits per heavy atom. The van der Waals surface area contributed by atoms with Crippen LogP contribution in [0.25, 0.3) is 0 Å². The normalized spacial score (nSPS) is 10.6. The number of hydrogen-bond acceptors (Lipinski definition) is 5. The molecule has 6 nitrogen and oxygen atoms in total. The van der Waals surface area contributed by atoms with Crippen molar-refractivity contribution in [1.82, 2.24) is 9.78 Å². The van der Waals surface area contributed by atoms with Crippen molar-refractivity contribution in [3.05, 3.63) is 43.2 Å². The zero-order valence-corrected chi connectivity index (χ0v) is 10.9. The summed E-state index contributed by atoms with van der Waals surface area (Å²) >= 11 is 6.91. The quantitative estimate of drug-likeness (QED) is 0.491. The molecule has 0 aromatic carbocycles. The maximum absolute atomic E-state index is 11.9. The maximum Gasteiger partial charge on any atom is 0.390 e. The van der Waals surface area contributed by atoms with Crippen molar-refractivity contribution in [1.29, 1.82) is 0 Å². The molecule has 0 fully saturated rings. The Morgan fingerprint density at radius 2 is 2.33 bits per heavy atom. The highest BCUT2D eigenvalue weighted by molar-refractivity contribution is 7.18. The van der Waals surface area contributed by atoms with Crippen molar-refractivity contribution in [3.63, 3.8) is 0 Å². The Bertz CT molecular complexity index is 620. The second-order valence-corrected chi connectivity index (χ2v) is 5.30. The Kier molecular flexibility index (Phi) is 3.44. The Morgan fingerprint density at radius 1 is 1.61 bits per heavy atom. The highest BCUT2D eigenvalue weighted by Gasteiger charge is 2.18. The van der Waals surface area contributed by atoms with Gasteiger partial charge in [-0.2, -0.15) is 4.68 Å². The lowest BCUT2D eigenvalue weighted by Gasteiger charge is -1.96. The highest BCUT2D eigenvalue weighted by Crippen LogP contribution is 2.22. The van der Waals surface area contributed by atoms with Gasteiger partial charge in [0, 0.05) is 0 Å². The average molecular weight is 286 g/mol. The SMILES string of the molecule is Cc1cc([N+](=O)[O-])nn1CC(=O)c1ccc(Cl)s1. The van der Waals surface area contributed by atoms with Gasteiger partial charge in [-0.25, -0.2) is 0 Å². The number of thiophene rings is 1. The summed E-state index contributed by atoms with van der Waals surface area (Å²) in [5.74, 6) is -0.433. The number of carbonyl (C=O) groups is 1. The Balaban J connectivity index is 2.19. The van der Waals surface area contributed by atoms with Gasteiger partial charge in [-0.05, 0) is 24.0 Å². The van der Waals surface area contributed by atoms with Crippen LogP contribution < -0.4 is 0 Å². The summed E-state index contributed by atoms with van der Waals surface area (Å²) in [7, 11) is 0. The van der Waals surface area contributed by atoms with Crippen LogP contribution >= 0.6 is 22.9 Å². The number of ketones is 1. The van der Waals surface area contributed by atoms with Gasteiger partial charge in [-0.1, -0.05) is 11.6 Å². The molecule has 94 valence electrons. The molecule has 0 spiro atoms. The monoisotopic (exact) mass is 285 g/mol. The first-order chi connectivity index (χ1) is 8.47. The van der Waals surface area contributed by atoms with E-state index in [2.05, 4.69) is 5.10 Å². The van der Waals surface area contributed by atoms with E-state index in [1.807, 2.05) is 0 Å². The summed E-state index contributed by atoms with van der Waals surface area (Å²) in [5, 5.41) is 14.3. The number of aryl methyl sites for hydroxylation is 1. The van der Waals surface area contributed by atoms with Gasteiger partial charge < -0.3 is 10.1 Å². The van der Waals surface area contributed by atoms with Crippen LogP contribution in [0.2, 0.25) is 4.34 Å². The standard InChI is InChI=1S/C10H8ClN3O3S/c1-6-4-10(14(16)17)12-13(6)5-7(15)8-2-3-9(11)18-8/h2-4H,5H2,1H3. The fourth-order valence-electron chi connectivity index (χ4n) is 1.42. The lowest BCUT2D eigenvalue weighted by Crippen LogP contribution is -2.12. The molecule has 0 aliphatic rings. The van der Waals surface area contributed by atoms with E-state index in [0.29, 0.717) is 14.9 Å². The Labute approximate surface area is 111 Å². The van der Waals surface area contributed by atoms with E-state index >= 15 is 0 Å². The van der Waals surface area contributed by atoms with E-state index in [9.17, 15) is 14.9 Å². The minimum Gasteiger partial charge on any atom is -0.358 e. The second kappa shape index (κ2) is 4.87. The van der Waals surface area contributed by atoms with Crippen molar-refractivity contribution < 1.29 is 9.72 Å². The molecule has 2 aromatic rings. The van der Waals surface area contributed by atoms with Crippen molar-refractivity contribution in [2.75, 3.05) is 0 Å². The van der Waals surface area contributed by atoms with E-state index in [1.165, 1.54) is 22.1 Å². The molecule has 0 N–H and O–H groups in total. The minimum atomic E-state index is -0.587. The maximum atomic E-state index is 11.9. The summed E-state index contributed by atoms with van der Waals surface area (Å²) in [5.41, 5.74) is 0.567. The zero-order chi connectivity index (χ0) is 13.3. The van der Waals surface area contributed by atoms with Crippen LogP contribution in [0.15, 0.2) is 18.2 Å². The molecule has 0 aliphatic carbocycles.